The van der Waals surface area contributed by atoms with Crippen LogP contribution in [-0.4, -0.2) is 34.3 Å². The molecule has 0 radical (unpaired) electrons. The molecular weight excluding hydrogens is 362 g/mol. The van der Waals surface area contributed by atoms with Crippen molar-refractivity contribution in [1.82, 2.24) is 15.1 Å². The van der Waals surface area contributed by atoms with E-state index in [1.807, 2.05) is 54.8 Å². The number of carbonyl (C=O) groups is 2. The predicted octanol–water partition coefficient (Wildman–Crippen LogP) is 3.67. The third kappa shape index (κ3) is 4.43. The van der Waals surface area contributed by atoms with Crippen molar-refractivity contribution in [3.05, 3.63) is 59.6 Å². The molecule has 3 rings (SSSR count). The second-order valence-electron chi connectivity index (χ2n) is 5.98. The molecule has 1 amide bonds. The van der Waals surface area contributed by atoms with E-state index in [1.165, 1.54) is 0 Å². The molecular formula is C20H21N3O3S. The largest absolute Gasteiger partial charge is 0.448 e. The van der Waals surface area contributed by atoms with Gasteiger partial charge in [0.15, 0.2) is 11.8 Å². The predicted molar refractivity (Wildman–Crippen MR) is 105 cm³/mol. The summed E-state index contributed by atoms with van der Waals surface area (Å²) >= 11 is 1.54. The molecule has 0 aliphatic heterocycles. The summed E-state index contributed by atoms with van der Waals surface area (Å²) in [5.74, 6) is -0.900. The Hall–Kier alpha value is -2.93. The lowest BCUT2D eigenvalue weighted by Gasteiger charge is -2.13. The van der Waals surface area contributed by atoms with Crippen LogP contribution in [0.15, 0.2) is 53.9 Å². The molecule has 27 heavy (non-hydrogen) atoms. The molecule has 1 atom stereocenters. The van der Waals surface area contributed by atoms with Crippen molar-refractivity contribution in [1.29, 1.82) is 0 Å². The molecule has 0 bridgehead atoms. The molecule has 3 aromatic rings. The fraction of sp³-hybridized carbons (Fsp3) is 0.250. The molecule has 0 aliphatic rings. The molecule has 1 N–H and O–H groups in total. The van der Waals surface area contributed by atoms with Crippen LogP contribution in [0, 0.1) is 0 Å². The molecule has 1 aromatic carbocycles. The molecule has 0 fully saturated rings. The van der Waals surface area contributed by atoms with Gasteiger partial charge in [0.05, 0.1) is 10.6 Å². The van der Waals surface area contributed by atoms with Crippen molar-refractivity contribution in [2.45, 2.75) is 26.4 Å². The van der Waals surface area contributed by atoms with Crippen LogP contribution in [-0.2, 0) is 9.53 Å². The third-order valence-electron chi connectivity index (χ3n) is 3.90. The number of nitrogens with one attached hydrogen (secondary N) is 1. The van der Waals surface area contributed by atoms with Crippen molar-refractivity contribution >= 4 is 23.2 Å². The maximum atomic E-state index is 12.8. The lowest BCUT2D eigenvalue weighted by atomic mass is 10.3. The van der Waals surface area contributed by atoms with Crippen LogP contribution in [0.3, 0.4) is 0 Å². The summed E-state index contributed by atoms with van der Waals surface area (Å²) in [6.07, 6.45) is -0.0643. The maximum Gasteiger partial charge on any atom is 0.357 e. The van der Waals surface area contributed by atoms with Crippen LogP contribution in [0.2, 0.25) is 0 Å². The number of aromatic nitrogens is 2. The van der Waals surface area contributed by atoms with Gasteiger partial charge in [0.1, 0.15) is 5.69 Å². The van der Waals surface area contributed by atoms with Gasteiger partial charge in [-0.05, 0) is 36.9 Å². The highest BCUT2D eigenvalue weighted by atomic mass is 32.1. The number of benzene rings is 1. The smallest absolute Gasteiger partial charge is 0.357 e. The summed E-state index contributed by atoms with van der Waals surface area (Å²) in [6.45, 7) is 4.07. The van der Waals surface area contributed by atoms with E-state index < -0.39 is 12.1 Å². The Kier molecular flexibility index (Phi) is 6.03. The molecule has 0 aliphatic carbocycles. The van der Waals surface area contributed by atoms with E-state index in [1.54, 1.807) is 29.0 Å². The number of carbonyl (C=O) groups excluding carboxylic acids is 2. The van der Waals surface area contributed by atoms with Gasteiger partial charge in [0.25, 0.3) is 5.91 Å². The van der Waals surface area contributed by atoms with Crippen molar-refractivity contribution in [2.75, 3.05) is 6.54 Å². The number of rotatable bonds is 7. The van der Waals surface area contributed by atoms with E-state index in [2.05, 4.69) is 10.4 Å². The first-order valence-electron chi connectivity index (χ1n) is 8.78. The summed E-state index contributed by atoms with van der Waals surface area (Å²) in [4.78, 5) is 25.7. The SMILES string of the molecule is CCCNC(=O)[C@@H](C)OC(=O)c1cc(-c2cccs2)nn1-c1ccccc1. The molecule has 0 unspecified atom stereocenters. The monoisotopic (exact) mass is 383 g/mol. The van der Waals surface area contributed by atoms with Gasteiger partial charge in [-0.1, -0.05) is 31.2 Å². The van der Waals surface area contributed by atoms with Gasteiger partial charge in [-0.3, -0.25) is 4.79 Å². The van der Waals surface area contributed by atoms with Crippen LogP contribution in [0.5, 0.6) is 0 Å². The van der Waals surface area contributed by atoms with Gasteiger partial charge in [0, 0.05) is 12.6 Å². The Morgan fingerprint density at radius 3 is 2.67 bits per heavy atom. The van der Waals surface area contributed by atoms with Gasteiger partial charge in [-0.25, -0.2) is 9.48 Å². The summed E-state index contributed by atoms with van der Waals surface area (Å²) in [5, 5.41) is 9.25. The summed E-state index contributed by atoms with van der Waals surface area (Å²) < 4.78 is 6.93. The average Bonchev–Trinajstić information content (AvgIpc) is 3.36. The average molecular weight is 383 g/mol. The molecule has 7 heteroatoms. The minimum absolute atomic E-state index is 0.278. The maximum absolute atomic E-state index is 12.8. The van der Waals surface area contributed by atoms with Crippen LogP contribution in [0.25, 0.3) is 16.3 Å². The summed E-state index contributed by atoms with van der Waals surface area (Å²) in [5.41, 5.74) is 1.71. The normalized spacial score (nSPS) is 11.8. The van der Waals surface area contributed by atoms with Crippen LogP contribution in [0.1, 0.15) is 30.8 Å². The second kappa shape index (κ2) is 8.64. The Bertz CT molecular complexity index is 904. The van der Waals surface area contributed by atoms with Gasteiger partial charge in [-0.2, -0.15) is 5.10 Å². The Morgan fingerprint density at radius 1 is 1.22 bits per heavy atom. The van der Waals surface area contributed by atoms with Gasteiger partial charge >= 0.3 is 5.97 Å². The summed E-state index contributed by atoms with van der Waals surface area (Å²) in [6, 6.07) is 14.9. The highest BCUT2D eigenvalue weighted by Gasteiger charge is 2.23. The second-order valence-corrected chi connectivity index (χ2v) is 6.93. The highest BCUT2D eigenvalue weighted by Crippen LogP contribution is 2.26. The fourth-order valence-electron chi connectivity index (χ4n) is 2.50. The van der Waals surface area contributed by atoms with E-state index >= 15 is 0 Å². The minimum Gasteiger partial charge on any atom is -0.448 e. The van der Waals surface area contributed by atoms with Gasteiger partial charge < -0.3 is 10.1 Å². The van der Waals surface area contributed by atoms with E-state index in [-0.39, 0.29) is 11.6 Å². The number of thiophene rings is 1. The molecule has 0 spiro atoms. The first-order chi connectivity index (χ1) is 13.1. The van der Waals surface area contributed by atoms with Gasteiger partial charge in [-0.15, -0.1) is 11.3 Å². The molecule has 2 heterocycles. The molecule has 0 saturated carbocycles. The topological polar surface area (TPSA) is 73.2 Å². The zero-order valence-electron chi connectivity index (χ0n) is 15.2. The third-order valence-corrected chi connectivity index (χ3v) is 4.79. The van der Waals surface area contributed by atoms with Crippen molar-refractivity contribution in [3.8, 4) is 16.3 Å². The van der Waals surface area contributed by atoms with E-state index in [4.69, 9.17) is 4.74 Å². The number of esters is 1. The number of ether oxygens (including phenoxy) is 1. The zero-order chi connectivity index (χ0) is 19.2. The first-order valence-corrected chi connectivity index (χ1v) is 9.66. The molecule has 6 nitrogen and oxygen atoms in total. The molecule has 140 valence electrons. The van der Waals surface area contributed by atoms with E-state index in [9.17, 15) is 9.59 Å². The van der Waals surface area contributed by atoms with E-state index in [0.717, 1.165) is 17.0 Å². The van der Waals surface area contributed by atoms with Crippen molar-refractivity contribution in [3.63, 3.8) is 0 Å². The lowest BCUT2D eigenvalue weighted by Crippen LogP contribution is -2.36. The standard InChI is InChI=1S/C20H21N3O3S/c1-3-11-21-19(24)14(2)26-20(25)17-13-16(18-10-7-12-27-18)22-23(17)15-8-5-4-6-9-15/h4-10,12-14H,3,11H2,1-2H3,(H,21,24)/t14-/m1/s1. The Labute approximate surface area is 161 Å². The number of hydrogen-bond acceptors (Lipinski definition) is 5. The van der Waals surface area contributed by atoms with Crippen LogP contribution >= 0.6 is 11.3 Å². The molecule has 0 saturated heterocycles. The number of para-hydroxylation sites is 1. The van der Waals surface area contributed by atoms with Gasteiger partial charge in [0.2, 0.25) is 0 Å². The quantitative estimate of drug-likeness (QED) is 0.632. The first kappa shape index (κ1) is 18.8. The summed E-state index contributed by atoms with van der Waals surface area (Å²) in [7, 11) is 0. The number of hydrogen-bond donors (Lipinski definition) is 1. The van der Waals surface area contributed by atoms with Crippen molar-refractivity contribution in [2.24, 2.45) is 0 Å². The Balaban J connectivity index is 1.89. The van der Waals surface area contributed by atoms with Crippen LogP contribution in [0.4, 0.5) is 0 Å². The van der Waals surface area contributed by atoms with E-state index in [0.29, 0.717) is 12.2 Å². The number of nitrogens with zero attached hydrogens (tertiary/aromatic N) is 2. The highest BCUT2D eigenvalue weighted by molar-refractivity contribution is 7.13. The molecule has 2 aromatic heterocycles. The minimum atomic E-state index is -0.881. The lowest BCUT2D eigenvalue weighted by molar-refractivity contribution is -0.129. The zero-order valence-corrected chi connectivity index (χ0v) is 16.0. The Morgan fingerprint density at radius 2 is 2.00 bits per heavy atom. The van der Waals surface area contributed by atoms with Crippen LogP contribution < -0.4 is 5.32 Å². The van der Waals surface area contributed by atoms with Crippen molar-refractivity contribution < 1.29 is 14.3 Å². The number of amides is 1. The fourth-order valence-corrected chi connectivity index (χ4v) is 3.18.